The van der Waals surface area contributed by atoms with Gasteiger partial charge in [-0.25, -0.2) is 4.99 Å². The normalized spacial score (nSPS) is 11.8. The molecule has 5 heteroatoms. The standard InChI is InChI=1S/C16H20ClN3O/c1-12-6-4-3-5-7-13(15(21-2)9-8-12)14(10-18)20-16(17)11-19/h3-9,11H,10,18-19H2,1-2H3/b4-3?,5-3?,6-4?,7-5?,9-8?,12-6?,12-8?,13-7?,15-9?,15-13?,16-11-,20-14+. The highest BCUT2D eigenvalue weighted by molar-refractivity contribution is 6.30. The molecular formula is C16H20ClN3O. The van der Waals surface area contributed by atoms with Crippen molar-refractivity contribution in [3.8, 4) is 5.75 Å². The Balaban J connectivity index is 3.58. The van der Waals surface area contributed by atoms with Crippen molar-refractivity contribution >= 4 is 17.3 Å². The van der Waals surface area contributed by atoms with Crippen molar-refractivity contribution in [1.29, 1.82) is 0 Å². The number of hydrogen-bond donors (Lipinski definition) is 2. The Morgan fingerprint density at radius 1 is 1.24 bits per heavy atom. The molecule has 1 aromatic rings. The number of aliphatic imine (C=N–C) groups is 1. The quantitative estimate of drug-likeness (QED) is 0.663. The minimum absolute atomic E-state index is 0.180. The Bertz CT molecular complexity index is 596. The predicted octanol–water partition coefficient (Wildman–Crippen LogP) is 2.87. The minimum atomic E-state index is 0.180. The molecule has 21 heavy (non-hydrogen) atoms. The molecule has 0 aromatic heterocycles. The Morgan fingerprint density at radius 2 is 1.95 bits per heavy atom. The predicted molar refractivity (Wildman–Crippen MR) is 89.1 cm³/mol. The van der Waals surface area contributed by atoms with Crippen molar-refractivity contribution in [2.24, 2.45) is 16.5 Å². The van der Waals surface area contributed by atoms with E-state index in [0.717, 1.165) is 11.1 Å². The van der Waals surface area contributed by atoms with E-state index in [0.29, 0.717) is 11.5 Å². The number of hydrogen-bond acceptors (Lipinski definition) is 4. The molecule has 0 aliphatic rings. The average Bonchev–Trinajstić information content (AvgIpc) is 2.50. The maximum Gasteiger partial charge on any atom is 0.144 e. The summed E-state index contributed by atoms with van der Waals surface area (Å²) in [6, 6.07) is 13.5. The molecule has 0 saturated carbocycles. The van der Waals surface area contributed by atoms with Crippen LogP contribution in [0.25, 0.3) is 0 Å². The lowest BCUT2D eigenvalue weighted by Crippen LogP contribution is -2.16. The maximum absolute atomic E-state index is 5.87. The Labute approximate surface area is 130 Å². The van der Waals surface area contributed by atoms with E-state index in [2.05, 4.69) is 4.99 Å². The van der Waals surface area contributed by atoms with Crippen molar-refractivity contribution in [1.82, 2.24) is 0 Å². The van der Waals surface area contributed by atoms with Gasteiger partial charge in [0.15, 0.2) is 0 Å². The van der Waals surface area contributed by atoms with Crippen LogP contribution >= 0.6 is 11.6 Å². The highest BCUT2D eigenvalue weighted by Gasteiger charge is 2.07. The molecule has 0 unspecified atom stereocenters. The zero-order valence-electron chi connectivity index (χ0n) is 12.2. The van der Waals surface area contributed by atoms with E-state index in [4.69, 9.17) is 27.8 Å². The minimum Gasteiger partial charge on any atom is -0.496 e. The fourth-order valence-corrected chi connectivity index (χ4v) is 1.76. The molecule has 1 rings (SSSR count). The van der Waals surface area contributed by atoms with Crippen LogP contribution in [0.1, 0.15) is 11.1 Å². The van der Waals surface area contributed by atoms with E-state index in [1.54, 1.807) is 7.11 Å². The topological polar surface area (TPSA) is 73.6 Å². The van der Waals surface area contributed by atoms with Crippen molar-refractivity contribution < 1.29 is 4.74 Å². The molecule has 4 nitrogen and oxygen atoms in total. The van der Waals surface area contributed by atoms with E-state index in [1.807, 2.05) is 49.4 Å². The van der Waals surface area contributed by atoms with Crippen LogP contribution in [0.15, 0.2) is 58.8 Å². The van der Waals surface area contributed by atoms with Crippen LogP contribution in [0, 0.1) is 6.92 Å². The molecule has 1 aromatic carbocycles. The van der Waals surface area contributed by atoms with Gasteiger partial charge in [0.05, 0.1) is 12.8 Å². The van der Waals surface area contributed by atoms with Gasteiger partial charge in [0.1, 0.15) is 10.9 Å². The zero-order valence-corrected chi connectivity index (χ0v) is 13.0. The van der Waals surface area contributed by atoms with Crippen LogP contribution in [-0.2, 0) is 0 Å². The second kappa shape index (κ2) is 9.00. The second-order valence-corrected chi connectivity index (χ2v) is 4.61. The monoisotopic (exact) mass is 305 g/mol. The molecule has 0 aliphatic heterocycles. The van der Waals surface area contributed by atoms with Gasteiger partial charge in [-0.3, -0.25) is 0 Å². The van der Waals surface area contributed by atoms with Gasteiger partial charge in [-0.1, -0.05) is 47.5 Å². The Hall–Kier alpha value is -2.04. The number of ether oxygens (including phenoxy) is 1. The number of nitrogens with two attached hydrogens (primary N) is 2. The zero-order chi connectivity index (χ0) is 15.7. The number of aryl methyl sites for hydroxylation is 1. The van der Waals surface area contributed by atoms with Crippen molar-refractivity contribution in [3.05, 3.63) is 64.9 Å². The van der Waals surface area contributed by atoms with Crippen LogP contribution in [0.5, 0.6) is 5.75 Å². The third kappa shape index (κ3) is 5.45. The van der Waals surface area contributed by atoms with Gasteiger partial charge in [0.2, 0.25) is 0 Å². The lowest BCUT2D eigenvalue weighted by Gasteiger charge is -2.08. The van der Waals surface area contributed by atoms with Crippen LogP contribution in [0.2, 0.25) is 0 Å². The van der Waals surface area contributed by atoms with Gasteiger partial charge in [0, 0.05) is 18.3 Å². The summed E-state index contributed by atoms with van der Waals surface area (Å²) in [6.07, 6.45) is 1.22. The molecule has 0 radical (unpaired) electrons. The van der Waals surface area contributed by atoms with E-state index < -0.39 is 0 Å². The lowest BCUT2D eigenvalue weighted by molar-refractivity contribution is 0.414. The number of methoxy groups -OCH3 is 1. The first-order valence-electron chi connectivity index (χ1n) is 6.45. The van der Waals surface area contributed by atoms with Gasteiger partial charge in [-0.2, -0.15) is 0 Å². The van der Waals surface area contributed by atoms with Crippen LogP contribution in [-0.4, -0.2) is 19.4 Å². The first kappa shape index (κ1) is 17.0. The number of nitrogens with zero attached hydrogens (tertiary/aromatic N) is 1. The van der Waals surface area contributed by atoms with Crippen molar-refractivity contribution in [2.75, 3.05) is 13.7 Å². The smallest absolute Gasteiger partial charge is 0.144 e. The molecule has 0 aliphatic carbocycles. The van der Waals surface area contributed by atoms with Gasteiger partial charge in [0.25, 0.3) is 0 Å². The highest BCUT2D eigenvalue weighted by Crippen LogP contribution is 2.18. The molecule has 0 bridgehead atoms. The van der Waals surface area contributed by atoms with E-state index in [9.17, 15) is 0 Å². The molecule has 0 saturated heterocycles. The van der Waals surface area contributed by atoms with E-state index in [-0.39, 0.29) is 11.7 Å². The van der Waals surface area contributed by atoms with Crippen LogP contribution in [0.3, 0.4) is 0 Å². The fourth-order valence-electron chi connectivity index (χ4n) is 1.66. The summed E-state index contributed by atoms with van der Waals surface area (Å²) in [5, 5.41) is 0.180. The SMILES string of the molecule is COc1ccc(C)cccccc1/C(CN)=N/C(Cl)=C\N. The van der Waals surface area contributed by atoms with E-state index >= 15 is 0 Å². The van der Waals surface area contributed by atoms with Crippen molar-refractivity contribution in [2.45, 2.75) is 6.92 Å². The molecule has 0 spiro atoms. The van der Waals surface area contributed by atoms with Gasteiger partial charge in [-0.05, 0) is 19.1 Å². The summed E-state index contributed by atoms with van der Waals surface area (Å²) in [7, 11) is 1.60. The summed E-state index contributed by atoms with van der Waals surface area (Å²) in [6.45, 7) is 2.22. The summed E-state index contributed by atoms with van der Waals surface area (Å²) in [4.78, 5) is 4.21. The Kier molecular flexibility index (Phi) is 7.29. The van der Waals surface area contributed by atoms with Crippen molar-refractivity contribution in [3.63, 3.8) is 0 Å². The van der Waals surface area contributed by atoms with Gasteiger partial charge >= 0.3 is 0 Å². The maximum atomic E-state index is 5.87. The van der Waals surface area contributed by atoms with Crippen LogP contribution in [0.4, 0.5) is 0 Å². The number of halogens is 1. The first-order valence-corrected chi connectivity index (χ1v) is 6.83. The second-order valence-electron chi connectivity index (χ2n) is 4.22. The molecule has 0 fully saturated rings. The molecule has 112 valence electrons. The van der Waals surface area contributed by atoms with Crippen LogP contribution < -0.4 is 16.2 Å². The van der Waals surface area contributed by atoms with Gasteiger partial charge in [-0.15, -0.1) is 0 Å². The largest absolute Gasteiger partial charge is 0.496 e. The molecule has 0 heterocycles. The molecule has 0 atom stereocenters. The molecule has 0 amide bonds. The lowest BCUT2D eigenvalue weighted by atomic mass is 10.1. The average molecular weight is 306 g/mol. The summed E-state index contributed by atoms with van der Waals surface area (Å²) >= 11 is 5.87. The fraction of sp³-hybridized carbons (Fsp3) is 0.188. The Morgan fingerprint density at radius 3 is 2.57 bits per heavy atom. The summed E-state index contributed by atoms with van der Waals surface area (Å²) in [5.74, 6) is 0.653. The first-order chi connectivity index (χ1) is 10.1. The van der Waals surface area contributed by atoms with Gasteiger partial charge < -0.3 is 16.2 Å². The molecule has 4 N–H and O–H groups in total. The highest BCUT2D eigenvalue weighted by atomic mass is 35.5. The summed E-state index contributed by atoms with van der Waals surface area (Å²) in [5.41, 5.74) is 13.6. The number of rotatable bonds is 4. The third-order valence-electron chi connectivity index (χ3n) is 2.71. The van der Waals surface area contributed by atoms with E-state index in [1.165, 1.54) is 6.20 Å². The summed E-state index contributed by atoms with van der Waals surface area (Å²) < 4.78 is 5.44. The third-order valence-corrected chi connectivity index (χ3v) is 2.92. The molecular weight excluding hydrogens is 286 g/mol.